The summed E-state index contributed by atoms with van der Waals surface area (Å²) in [6.45, 7) is 3.83. The average Bonchev–Trinajstić information content (AvgIpc) is 1.86. The molecule has 0 atom stereocenters. The molecule has 10 heavy (non-hydrogen) atoms. The van der Waals surface area contributed by atoms with Gasteiger partial charge in [-0.15, -0.1) is 0 Å². The van der Waals surface area contributed by atoms with Gasteiger partial charge in [-0.3, -0.25) is 9.59 Å². The molecule has 0 radical (unpaired) electrons. The van der Waals surface area contributed by atoms with Gasteiger partial charge < -0.3 is 5.32 Å². The summed E-state index contributed by atoms with van der Waals surface area (Å²) in [6.07, 6.45) is 0. The highest BCUT2D eigenvalue weighted by Gasteiger charge is 2.08. The van der Waals surface area contributed by atoms with Crippen LogP contribution in [0.2, 0.25) is 0 Å². The Morgan fingerprint density at radius 3 is 2.30 bits per heavy atom. The van der Waals surface area contributed by atoms with Gasteiger partial charge in [0.15, 0.2) is 0 Å². The van der Waals surface area contributed by atoms with Crippen LogP contribution < -0.4 is 16.2 Å². The Morgan fingerprint density at radius 1 is 1.40 bits per heavy atom. The summed E-state index contributed by atoms with van der Waals surface area (Å²) in [7, 11) is 0. The van der Waals surface area contributed by atoms with Crippen LogP contribution in [-0.4, -0.2) is 6.04 Å². The van der Waals surface area contributed by atoms with Gasteiger partial charge in [-0.25, -0.2) is 0 Å². The molecular weight excluding hydrogens is 130 g/mol. The van der Waals surface area contributed by atoms with Crippen molar-refractivity contribution >= 4 is 5.69 Å². The van der Waals surface area contributed by atoms with Gasteiger partial charge >= 0.3 is 0 Å². The summed E-state index contributed by atoms with van der Waals surface area (Å²) in [6, 6.07) is 1.53. The second-order valence-corrected chi connectivity index (χ2v) is 2.55. The minimum atomic E-state index is -0.400. The fourth-order valence-electron chi connectivity index (χ4n) is 0.735. The molecule has 0 amide bonds. The van der Waals surface area contributed by atoms with Crippen molar-refractivity contribution in [3.63, 3.8) is 0 Å². The van der Waals surface area contributed by atoms with Crippen molar-refractivity contribution in [2.75, 3.05) is 5.32 Å². The monoisotopic (exact) mass is 139 g/mol. The van der Waals surface area contributed by atoms with E-state index in [-0.39, 0.29) is 6.04 Å². The third-order valence-electron chi connectivity index (χ3n) is 1.19. The number of anilines is 1. The van der Waals surface area contributed by atoms with Crippen LogP contribution >= 0.6 is 0 Å². The summed E-state index contributed by atoms with van der Waals surface area (Å²) >= 11 is 0. The predicted octanol–water partition coefficient (Wildman–Crippen LogP) is 0.103. The van der Waals surface area contributed by atoms with Crippen molar-refractivity contribution in [3.05, 3.63) is 26.5 Å². The lowest BCUT2D eigenvalue weighted by Crippen LogP contribution is -2.34. The molecule has 3 nitrogen and oxygen atoms in total. The number of hydrogen-bond acceptors (Lipinski definition) is 3. The first-order valence-corrected chi connectivity index (χ1v) is 3.18. The molecule has 0 aliphatic heterocycles. The Labute approximate surface area is 58.4 Å². The van der Waals surface area contributed by atoms with Crippen LogP contribution in [0, 0.1) is 0 Å². The van der Waals surface area contributed by atoms with Gasteiger partial charge in [0.25, 0.3) is 0 Å². The van der Waals surface area contributed by atoms with Gasteiger partial charge in [-0.2, -0.15) is 0 Å². The lowest BCUT2D eigenvalue weighted by atomic mass is 10.2. The Morgan fingerprint density at radius 2 is 2.00 bits per heavy atom. The molecule has 1 aromatic rings. The van der Waals surface area contributed by atoms with Crippen LogP contribution in [-0.2, 0) is 0 Å². The molecule has 1 aromatic carbocycles. The van der Waals surface area contributed by atoms with Gasteiger partial charge in [0.1, 0.15) is 0 Å². The number of hydrogen-bond donors (Lipinski definition) is 1. The summed E-state index contributed by atoms with van der Waals surface area (Å²) in [5.74, 6) is 0. The van der Waals surface area contributed by atoms with Crippen molar-refractivity contribution in [2.45, 2.75) is 19.9 Å². The van der Waals surface area contributed by atoms with Crippen molar-refractivity contribution in [1.29, 1.82) is 0 Å². The first kappa shape index (κ1) is 6.99. The molecule has 0 heterocycles. The fraction of sp³-hybridized carbons (Fsp3) is 0.429. The first-order valence-electron chi connectivity index (χ1n) is 3.18. The van der Waals surface area contributed by atoms with Crippen LogP contribution in [0.4, 0.5) is 5.69 Å². The van der Waals surface area contributed by atoms with E-state index in [1.807, 2.05) is 13.8 Å². The highest BCUT2D eigenvalue weighted by Crippen LogP contribution is 1.97. The molecule has 0 saturated heterocycles. The third kappa shape index (κ3) is 1.07. The van der Waals surface area contributed by atoms with Gasteiger partial charge in [0.2, 0.25) is 10.9 Å². The van der Waals surface area contributed by atoms with Crippen LogP contribution in [0.1, 0.15) is 13.8 Å². The van der Waals surface area contributed by atoms with E-state index < -0.39 is 10.9 Å². The fourth-order valence-corrected chi connectivity index (χ4v) is 0.735. The van der Waals surface area contributed by atoms with Crippen LogP contribution in [0.15, 0.2) is 15.7 Å². The van der Waals surface area contributed by atoms with Gasteiger partial charge in [-0.05, 0) is 13.8 Å². The first-order chi connectivity index (χ1) is 4.61. The van der Waals surface area contributed by atoms with E-state index in [0.29, 0.717) is 5.69 Å². The second-order valence-electron chi connectivity index (χ2n) is 2.55. The molecule has 3 heteroatoms. The Balaban J connectivity index is 2.73. The minimum Gasteiger partial charge on any atom is -0.379 e. The van der Waals surface area contributed by atoms with E-state index >= 15 is 0 Å². The number of nitrogens with one attached hydrogen (secondary N) is 1. The summed E-state index contributed by atoms with van der Waals surface area (Å²) in [5.41, 5.74) is -0.350. The van der Waals surface area contributed by atoms with E-state index in [0.717, 1.165) is 0 Å². The highest BCUT2D eigenvalue weighted by molar-refractivity contribution is 5.47. The SMILES string of the molecule is CC(C)Nc1cc(=O)c1=O. The zero-order valence-corrected chi connectivity index (χ0v) is 5.97. The largest absolute Gasteiger partial charge is 0.379 e. The second kappa shape index (κ2) is 2.25. The molecule has 0 aliphatic rings. The maximum absolute atomic E-state index is 10.6. The van der Waals surface area contributed by atoms with Gasteiger partial charge in [-0.1, -0.05) is 0 Å². The number of rotatable bonds is 2. The average molecular weight is 139 g/mol. The molecule has 0 spiro atoms. The van der Waals surface area contributed by atoms with Gasteiger partial charge in [0.05, 0.1) is 5.69 Å². The van der Waals surface area contributed by atoms with E-state index in [2.05, 4.69) is 5.32 Å². The van der Waals surface area contributed by atoms with Crippen molar-refractivity contribution in [1.82, 2.24) is 0 Å². The van der Waals surface area contributed by atoms with E-state index in [1.165, 1.54) is 6.07 Å². The van der Waals surface area contributed by atoms with E-state index in [4.69, 9.17) is 0 Å². The molecule has 0 unspecified atom stereocenters. The maximum Gasteiger partial charge on any atom is 0.248 e. The minimum absolute atomic E-state index is 0.211. The van der Waals surface area contributed by atoms with Crippen molar-refractivity contribution in [2.24, 2.45) is 0 Å². The highest BCUT2D eigenvalue weighted by atomic mass is 16.2. The summed E-state index contributed by atoms with van der Waals surface area (Å²) in [5, 5.41) is 2.85. The molecule has 1 N–H and O–H groups in total. The third-order valence-corrected chi connectivity index (χ3v) is 1.19. The maximum atomic E-state index is 10.6. The molecule has 1 rings (SSSR count). The molecule has 0 fully saturated rings. The van der Waals surface area contributed by atoms with Crippen molar-refractivity contribution < 1.29 is 0 Å². The zero-order valence-electron chi connectivity index (χ0n) is 5.97. The van der Waals surface area contributed by atoms with Crippen LogP contribution in [0.25, 0.3) is 0 Å². The Bertz CT molecular complexity index is 294. The predicted molar refractivity (Wildman–Crippen MR) is 40.1 cm³/mol. The van der Waals surface area contributed by atoms with E-state index in [1.54, 1.807) is 0 Å². The molecule has 54 valence electrons. The molecule has 0 aliphatic carbocycles. The van der Waals surface area contributed by atoms with Gasteiger partial charge in [0, 0.05) is 12.1 Å². The van der Waals surface area contributed by atoms with Crippen LogP contribution in [0.3, 0.4) is 0 Å². The Hall–Kier alpha value is -1.12. The lowest BCUT2D eigenvalue weighted by molar-refractivity contribution is 0.894. The Kier molecular flexibility index (Phi) is 1.57. The molecule has 0 saturated carbocycles. The lowest BCUT2D eigenvalue weighted by Gasteiger charge is -2.08. The summed E-state index contributed by atoms with van der Waals surface area (Å²) in [4.78, 5) is 21.0. The topological polar surface area (TPSA) is 46.2 Å². The standard InChI is InChI=1S/C7H9NO2/c1-4(2)8-5-3-6(9)7(5)10/h3-4,8H,1-2H3. The molecule has 0 aromatic heterocycles. The molecule has 0 bridgehead atoms. The smallest absolute Gasteiger partial charge is 0.248 e. The summed E-state index contributed by atoms with van der Waals surface area (Å²) < 4.78 is 0. The van der Waals surface area contributed by atoms with Crippen molar-refractivity contribution in [3.8, 4) is 0 Å². The zero-order chi connectivity index (χ0) is 7.72. The van der Waals surface area contributed by atoms with E-state index in [9.17, 15) is 9.59 Å². The molecular formula is C7H9NO2. The normalized spacial score (nSPS) is 10.7. The van der Waals surface area contributed by atoms with Crippen LogP contribution in [0.5, 0.6) is 0 Å². The quantitative estimate of drug-likeness (QED) is 0.591.